The van der Waals surface area contributed by atoms with Crippen LogP contribution in [-0.4, -0.2) is 22.6 Å². The fraction of sp³-hybridized carbons (Fsp3) is 0.143. The van der Waals surface area contributed by atoms with Crippen molar-refractivity contribution in [1.29, 1.82) is 0 Å². The van der Waals surface area contributed by atoms with Gasteiger partial charge in [0.1, 0.15) is 10.7 Å². The second-order valence-corrected chi connectivity index (χ2v) is 5.62. The minimum Gasteiger partial charge on any atom is -0.493 e. The van der Waals surface area contributed by atoms with Crippen LogP contribution in [0.3, 0.4) is 0 Å². The second-order valence-electron chi connectivity index (χ2n) is 4.11. The highest BCUT2D eigenvalue weighted by atomic mass is 32.2. The van der Waals surface area contributed by atoms with E-state index < -0.39 is 32.4 Å². The van der Waals surface area contributed by atoms with Crippen molar-refractivity contribution in [2.75, 3.05) is 14.2 Å². The van der Waals surface area contributed by atoms with Crippen LogP contribution in [0.15, 0.2) is 41.3 Å². The number of para-hydroxylation sites is 1. The fourth-order valence-corrected chi connectivity index (χ4v) is 2.71. The zero-order valence-corrected chi connectivity index (χ0v) is 12.5. The average Bonchev–Trinajstić information content (AvgIpc) is 2.48. The van der Waals surface area contributed by atoms with Crippen LogP contribution in [0.2, 0.25) is 0 Å². The molecule has 0 saturated heterocycles. The van der Waals surface area contributed by atoms with Crippen LogP contribution in [0, 0.1) is 11.6 Å². The predicted octanol–water partition coefficient (Wildman–Crippen LogP) is 2.75. The normalized spacial score (nSPS) is 11.1. The van der Waals surface area contributed by atoms with Crippen molar-refractivity contribution >= 4 is 10.1 Å². The van der Waals surface area contributed by atoms with E-state index in [9.17, 15) is 17.2 Å². The third kappa shape index (κ3) is 3.11. The SMILES string of the molecule is COc1cc(F)c(S(=O)(=O)Oc2ccccc2F)cc1OC. The summed E-state index contributed by atoms with van der Waals surface area (Å²) >= 11 is 0. The Bertz CT molecular complexity index is 790. The molecule has 2 aromatic carbocycles. The van der Waals surface area contributed by atoms with Gasteiger partial charge >= 0.3 is 10.1 Å². The van der Waals surface area contributed by atoms with E-state index in [1.807, 2.05) is 0 Å². The summed E-state index contributed by atoms with van der Waals surface area (Å²) < 4.78 is 66.1. The lowest BCUT2D eigenvalue weighted by Gasteiger charge is -2.12. The first-order valence-corrected chi connectivity index (χ1v) is 7.40. The van der Waals surface area contributed by atoms with Gasteiger partial charge in [0, 0.05) is 12.1 Å². The molecule has 0 aliphatic heterocycles. The topological polar surface area (TPSA) is 61.8 Å². The molecule has 2 rings (SSSR count). The lowest BCUT2D eigenvalue weighted by molar-refractivity contribution is 0.349. The highest BCUT2D eigenvalue weighted by Gasteiger charge is 2.25. The Hall–Kier alpha value is -2.35. The molecule has 0 N–H and O–H groups in total. The van der Waals surface area contributed by atoms with Crippen molar-refractivity contribution in [3.05, 3.63) is 48.0 Å². The summed E-state index contributed by atoms with van der Waals surface area (Å²) in [5.74, 6) is -2.50. The molecule has 118 valence electrons. The van der Waals surface area contributed by atoms with Crippen molar-refractivity contribution in [2.24, 2.45) is 0 Å². The second kappa shape index (κ2) is 6.18. The van der Waals surface area contributed by atoms with E-state index in [0.29, 0.717) is 0 Å². The van der Waals surface area contributed by atoms with Crippen molar-refractivity contribution in [1.82, 2.24) is 0 Å². The average molecular weight is 330 g/mol. The van der Waals surface area contributed by atoms with E-state index in [-0.39, 0.29) is 11.5 Å². The van der Waals surface area contributed by atoms with Crippen LogP contribution < -0.4 is 13.7 Å². The van der Waals surface area contributed by atoms with Gasteiger partial charge in [-0.05, 0) is 12.1 Å². The largest absolute Gasteiger partial charge is 0.493 e. The summed E-state index contributed by atoms with van der Waals surface area (Å²) in [5, 5.41) is 0. The van der Waals surface area contributed by atoms with Gasteiger partial charge in [0.2, 0.25) is 0 Å². The van der Waals surface area contributed by atoms with E-state index in [1.165, 1.54) is 26.4 Å². The molecule has 5 nitrogen and oxygen atoms in total. The maximum Gasteiger partial charge on any atom is 0.342 e. The number of rotatable bonds is 5. The van der Waals surface area contributed by atoms with Crippen LogP contribution in [0.5, 0.6) is 17.2 Å². The number of hydrogen-bond acceptors (Lipinski definition) is 5. The zero-order valence-electron chi connectivity index (χ0n) is 11.7. The molecule has 8 heteroatoms. The molecule has 0 atom stereocenters. The Kier molecular flexibility index (Phi) is 4.51. The van der Waals surface area contributed by atoms with Gasteiger partial charge in [-0.15, -0.1) is 0 Å². The Morgan fingerprint density at radius 1 is 0.864 bits per heavy atom. The van der Waals surface area contributed by atoms with Crippen LogP contribution >= 0.6 is 0 Å². The van der Waals surface area contributed by atoms with Gasteiger partial charge in [-0.1, -0.05) is 12.1 Å². The van der Waals surface area contributed by atoms with Crippen molar-refractivity contribution in [3.8, 4) is 17.2 Å². The summed E-state index contributed by atoms with van der Waals surface area (Å²) in [6.45, 7) is 0. The van der Waals surface area contributed by atoms with Gasteiger partial charge < -0.3 is 13.7 Å². The molecule has 0 bridgehead atoms. The molecule has 0 heterocycles. The minimum atomic E-state index is -4.57. The standard InChI is InChI=1S/C14H12F2O5S/c1-19-12-7-10(16)14(8-13(12)20-2)22(17,18)21-11-6-4-3-5-9(11)15/h3-8H,1-2H3. The van der Waals surface area contributed by atoms with E-state index in [4.69, 9.17) is 9.47 Å². The number of methoxy groups -OCH3 is 2. The van der Waals surface area contributed by atoms with Crippen molar-refractivity contribution < 1.29 is 30.9 Å². The molecule has 0 radical (unpaired) electrons. The van der Waals surface area contributed by atoms with Gasteiger partial charge in [0.05, 0.1) is 14.2 Å². The quantitative estimate of drug-likeness (QED) is 0.789. The van der Waals surface area contributed by atoms with E-state index in [2.05, 4.69) is 4.18 Å². The van der Waals surface area contributed by atoms with Crippen LogP contribution in [-0.2, 0) is 10.1 Å². The van der Waals surface area contributed by atoms with Gasteiger partial charge in [-0.3, -0.25) is 0 Å². The first-order chi connectivity index (χ1) is 10.4. The van der Waals surface area contributed by atoms with E-state index in [1.54, 1.807) is 0 Å². The lowest BCUT2D eigenvalue weighted by Crippen LogP contribution is -2.13. The van der Waals surface area contributed by atoms with Crippen LogP contribution in [0.1, 0.15) is 0 Å². The first kappa shape index (κ1) is 16.0. The van der Waals surface area contributed by atoms with Crippen molar-refractivity contribution in [3.63, 3.8) is 0 Å². The lowest BCUT2D eigenvalue weighted by atomic mass is 10.3. The predicted molar refractivity (Wildman–Crippen MR) is 73.7 cm³/mol. The highest BCUT2D eigenvalue weighted by molar-refractivity contribution is 7.87. The molecule has 0 aliphatic rings. The molecule has 2 aromatic rings. The zero-order chi connectivity index (χ0) is 16.3. The maximum atomic E-state index is 14.0. The van der Waals surface area contributed by atoms with Gasteiger partial charge in [-0.2, -0.15) is 8.42 Å². The molecular formula is C14H12F2O5S. The first-order valence-electron chi connectivity index (χ1n) is 5.99. The maximum absolute atomic E-state index is 14.0. The summed E-state index contributed by atoms with van der Waals surface area (Å²) in [6, 6.07) is 6.65. The third-order valence-electron chi connectivity index (χ3n) is 2.74. The molecule has 0 saturated carbocycles. The van der Waals surface area contributed by atoms with Gasteiger partial charge in [0.25, 0.3) is 0 Å². The molecule has 0 aliphatic carbocycles. The molecule has 0 amide bonds. The fourth-order valence-electron chi connectivity index (χ4n) is 1.70. The Balaban J connectivity index is 2.48. The molecule has 0 spiro atoms. The monoisotopic (exact) mass is 330 g/mol. The summed E-state index contributed by atoms with van der Waals surface area (Å²) in [7, 11) is -2.03. The van der Waals surface area contributed by atoms with Gasteiger partial charge in [-0.25, -0.2) is 8.78 Å². The van der Waals surface area contributed by atoms with Crippen molar-refractivity contribution in [2.45, 2.75) is 4.90 Å². The molecule has 0 aromatic heterocycles. The summed E-state index contributed by atoms with van der Waals surface area (Å²) in [6.07, 6.45) is 0. The number of benzene rings is 2. The summed E-state index contributed by atoms with van der Waals surface area (Å²) in [5.41, 5.74) is 0. The molecule has 0 unspecified atom stereocenters. The molecular weight excluding hydrogens is 318 g/mol. The Morgan fingerprint density at radius 2 is 1.45 bits per heavy atom. The van der Waals surface area contributed by atoms with Crippen LogP contribution in [0.4, 0.5) is 8.78 Å². The molecule has 0 fully saturated rings. The number of ether oxygens (including phenoxy) is 2. The minimum absolute atomic E-state index is 0.000362. The van der Waals surface area contributed by atoms with E-state index >= 15 is 0 Å². The van der Waals surface area contributed by atoms with Gasteiger partial charge in [0.15, 0.2) is 23.1 Å². The van der Waals surface area contributed by atoms with E-state index in [0.717, 1.165) is 24.3 Å². The Morgan fingerprint density at radius 3 is 2.05 bits per heavy atom. The summed E-state index contributed by atoms with van der Waals surface area (Å²) in [4.78, 5) is -0.784. The Labute approximate surface area is 126 Å². The highest BCUT2D eigenvalue weighted by Crippen LogP contribution is 2.33. The number of halogens is 2. The number of hydrogen-bond donors (Lipinski definition) is 0. The van der Waals surface area contributed by atoms with Crippen LogP contribution in [0.25, 0.3) is 0 Å². The molecule has 22 heavy (non-hydrogen) atoms. The smallest absolute Gasteiger partial charge is 0.342 e. The third-order valence-corrected chi connectivity index (χ3v) is 3.99.